The third-order valence-electron chi connectivity index (χ3n) is 2.57. The summed E-state index contributed by atoms with van der Waals surface area (Å²) in [6.45, 7) is 1.46. The molecule has 0 unspecified atom stereocenters. The van der Waals surface area contributed by atoms with Gasteiger partial charge >= 0.3 is 0 Å². The average Bonchev–Trinajstić information content (AvgIpc) is 2.39. The van der Waals surface area contributed by atoms with Gasteiger partial charge in [0, 0.05) is 20.2 Å². The van der Waals surface area contributed by atoms with Gasteiger partial charge in [0.1, 0.15) is 5.82 Å². The second-order valence-corrected chi connectivity index (χ2v) is 3.88. The molecule has 0 bridgehead atoms. The first kappa shape index (κ1) is 14.7. The maximum absolute atomic E-state index is 11.4. The zero-order valence-electron chi connectivity index (χ0n) is 10.8. The predicted octanol–water partition coefficient (Wildman–Crippen LogP) is 0.129. The summed E-state index contributed by atoms with van der Waals surface area (Å²) < 4.78 is 5.01. The number of ether oxygens (including phenoxy) is 1. The Bertz CT molecular complexity index is 483. The van der Waals surface area contributed by atoms with Crippen molar-refractivity contribution in [2.45, 2.75) is 6.42 Å². The summed E-state index contributed by atoms with van der Waals surface area (Å²) in [6.07, 6.45) is 1.81. The van der Waals surface area contributed by atoms with Gasteiger partial charge in [-0.3, -0.25) is 4.79 Å². The molecule has 1 amide bonds. The number of nitrogens with two attached hydrogens (primary N) is 2. The third kappa shape index (κ3) is 4.12. The Morgan fingerprint density at radius 1 is 1.58 bits per heavy atom. The first-order valence-electron chi connectivity index (χ1n) is 5.76. The number of nitriles is 1. The van der Waals surface area contributed by atoms with Crippen molar-refractivity contribution in [1.29, 1.82) is 5.26 Å². The molecule has 7 heteroatoms. The smallest absolute Gasteiger partial charge is 0.251 e. The number of hydrogen-bond acceptors (Lipinski definition) is 6. The van der Waals surface area contributed by atoms with Crippen LogP contribution in [0.5, 0.6) is 0 Å². The fourth-order valence-electron chi connectivity index (χ4n) is 1.65. The molecule has 4 N–H and O–H groups in total. The van der Waals surface area contributed by atoms with E-state index in [1.165, 1.54) is 12.3 Å². The molecule has 0 aromatic carbocycles. The minimum atomic E-state index is -0.580. The van der Waals surface area contributed by atoms with Gasteiger partial charge in [-0.05, 0) is 6.07 Å². The van der Waals surface area contributed by atoms with Gasteiger partial charge in [0.05, 0.1) is 36.5 Å². The van der Waals surface area contributed by atoms with Gasteiger partial charge in [-0.1, -0.05) is 0 Å². The maximum Gasteiger partial charge on any atom is 0.251 e. The molecule has 0 saturated heterocycles. The summed E-state index contributed by atoms with van der Waals surface area (Å²) >= 11 is 0. The first-order chi connectivity index (χ1) is 9.10. The molecule has 1 aromatic rings. The van der Waals surface area contributed by atoms with Gasteiger partial charge in [-0.25, -0.2) is 4.98 Å². The SMILES string of the molecule is COCCN(CCC#N)c1cnc(N)cc1C(N)=O. The van der Waals surface area contributed by atoms with E-state index in [-0.39, 0.29) is 5.82 Å². The number of anilines is 2. The molecule has 102 valence electrons. The van der Waals surface area contributed by atoms with Gasteiger partial charge < -0.3 is 21.1 Å². The lowest BCUT2D eigenvalue weighted by atomic mass is 10.2. The number of amides is 1. The van der Waals surface area contributed by atoms with Crippen molar-refractivity contribution in [3.63, 3.8) is 0 Å². The zero-order chi connectivity index (χ0) is 14.3. The lowest BCUT2D eigenvalue weighted by Crippen LogP contribution is -2.31. The Hall–Kier alpha value is -2.33. The van der Waals surface area contributed by atoms with Gasteiger partial charge in [0.25, 0.3) is 5.91 Å². The number of primary amides is 1. The number of methoxy groups -OCH3 is 1. The Morgan fingerprint density at radius 2 is 2.32 bits per heavy atom. The van der Waals surface area contributed by atoms with Gasteiger partial charge in [0.15, 0.2) is 0 Å². The zero-order valence-corrected chi connectivity index (χ0v) is 10.8. The number of rotatable bonds is 7. The van der Waals surface area contributed by atoms with E-state index in [2.05, 4.69) is 11.1 Å². The van der Waals surface area contributed by atoms with Crippen molar-refractivity contribution in [2.24, 2.45) is 5.73 Å². The number of nitrogen functional groups attached to an aromatic ring is 1. The van der Waals surface area contributed by atoms with E-state index in [9.17, 15) is 4.79 Å². The minimum Gasteiger partial charge on any atom is -0.384 e. The summed E-state index contributed by atoms with van der Waals surface area (Å²) in [5.74, 6) is -0.354. The molecular formula is C12H17N5O2. The van der Waals surface area contributed by atoms with Crippen molar-refractivity contribution in [3.05, 3.63) is 17.8 Å². The molecule has 0 fully saturated rings. The van der Waals surface area contributed by atoms with E-state index in [4.69, 9.17) is 21.5 Å². The predicted molar refractivity (Wildman–Crippen MR) is 71.5 cm³/mol. The monoisotopic (exact) mass is 263 g/mol. The molecule has 1 rings (SSSR count). The number of pyridine rings is 1. The van der Waals surface area contributed by atoms with Crippen LogP contribution < -0.4 is 16.4 Å². The summed E-state index contributed by atoms with van der Waals surface area (Å²) in [4.78, 5) is 17.2. The Labute approximate surface area is 111 Å². The van der Waals surface area contributed by atoms with E-state index in [0.29, 0.717) is 37.4 Å². The van der Waals surface area contributed by atoms with E-state index in [1.54, 1.807) is 7.11 Å². The second-order valence-electron chi connectivity index (χ2n) is 3.88. The minimum absolute atomic E-state index is 0.226. The normalized spacial score (nSPS) is 9.89. The number of nitrogens with zero attached hydrogens (tertiary/aromatic N) is 3. The van der Waals surface area contributed by atoms with Crippen LogP contribution in [0.2, 0.25) is 0 Å². The van der Waals surface area contributed by atoms with Gasteiger partial charge in [-0.15, -0.1) is 0 Å². The molecule has 0 spiro atoms. The Morgan fingerprint density at radius 3 is 2.89 bits per heavy atom. The Kier molecular flexibility index (Phi) is 5.57. The van der Waals surface area contributed by atoms with Crippen LogP contribution in [0, 0.1) is 11.3 Å². The van der Waals surface area contributed by atoms with Crippen molar-refractivity contribution < 1.29 is 9.53 Å². The van der Waals surface area contributed by atoms with Crippen LogP contribution >= 0.6 is 0 Å². The number of aromatic nitrogens is 1. The van der Waals surface area contributed by atoms with Crippen LogP contribution in [0.4, 0.5) is 11.5 Å². The van der Waals surface area contributed by atoms with Crippen LogP contribution in [-0.2, 0) is 4.74 Å². The number of carbonyl (C=O) groups excluding carboxylic acids is 1. The highest BCUT2D eigenvalue weighted by molar-refractivity contribution is 5.99. The molecule has 1 aromatic heterocycles. The van der Waals surface area contributed by atoms with Crippen LogP contribution in [0.15, 0.2) is 12.3 Å². The fourth-order valence-corrected chi connectivity index (χ4v) is 1.65. The van der Waals surface area contributed by atoms with Crippen LogP contribution in [0.1, 0.15) is 16.8 Å². The maximum atomic E-state index is 11.4. The average molecular weight is 263 g/mol. The molecular weight excluding hydrogens is 246 g/mol. The molecule has 0 aliphatic heterocycles. The molecule has 1 heterocycles. The van der Waals surface area contributed by atoms with Crippen molar-refractivity contribution in [2.75, 3.05) is 37.4 Å². The standard InChI is InChI=1S/C12H17N5O2/c1-19-6-5-17(4-2-3-13)10-8-16-11(14)7-9(10)12(15)18/h7-8H,2,4-6H2,1H3,(H2,14,16)(H2,15,18). The highest BCUT2D eigenvalue weighted by Crippen LogP contribution is 2.21. The van der Waals surface area contributed by atoms with Gasteiger partial charge in [-0.2, -0.15) is 5.26 Å². The Balaban J connectivity index is 3.06. The second kappa shape index (κ2) is 7.18. The third-order valence-corrected chi connectivity index (χ3v) is 2.57. The highest BCUT2D eigenvalue weighted by atomic mass is 16.5. The van der Waals surface area contributed by atoms with E-state index in [1.807, 2.05) is 4.90 Å². The van der Waals surface area contributed by atoms with Crippen LogP contribution in [0.25, 0.3) is 0 Å². The molecule has 0 radical (unpaired) electrons. The number of carbonyl (C=O) groups is 1. The largest absolute Gasteiger partial charge is 0.384 e. The van der Waals surface area contributed by atoms with Crippen LogP contribution in [-0.4, -0.2) is 37.7 Å². The van der Waals surface area contributed by atoms with E-state index < -0.39 is 5.91 Å². The summed E-state index contributed by atoms with van der Waals surface area (Å²) in [7, 11) is 1.58. The summed E-state index contributed by atoms with van der Waals surface area (Å²) in [5.41, 5.74) is 11.7. The van der Waals surface area contributed by atoms with E-state index >= 15 is 0 Å². The first-order valence-corrected chi connectivity index (χ1v) is 5.76. The molecule has 0 aliphatic rings. The summed E-state index contributed by atoms with van der Waals surface area (Å²) in [5, 5.41) is 8.67. The molecule has 0 aliphatic carbocycles. The molecule has 0 atom stereocenters. The lowest BCUT2D eigenvalue weighted by molar-refractivity contribution is 0.100. The molecule has 7 nitrogen and oxygen atoms in total. The van der Waals surface area contributed by atoms with E-state index in [0.717, 1.165) is 0 Å². The highest BCUT2D eigenvalue weighted by Gasteiger charge is 2.15. The van der Waals surface area contributed by atoms with Crippen molar-refractivity contribution in [1.82, 2.24) is 4.98 Å². The fraction of sp³-hybridized carbons (Fsp3) is 0.417. The van der Waals surface area contributed by atoms with Crippen LogP contribution in [0.3, 0.4) is 0 Å². The molecule has 0 saturated carbocycles. The van der Waals surface area contributed by atoms with Gasteiger partial charge in [0.2, 0.25) is 0 Å². The number of hydrogen-bond donors (Lipinski definition) is 2. The topological polar surface area (TPSA) is 118 Å². The summed E-state index contributed by atoms with van der Waals surface area (Å²) in [6, 6.07) is 3.50. The lowest BCUT2D eigenvalue weighted by Gasteiger charge is -2.25. The van der Waals surface area contributed by atoms with Crippen molar-refractivity contribution in [3.8, 4) is 6.07 Å². The quantitative estimate of drug-likeness (QED) is 0.721. The van der Waals surface area contributed by atoms with Crippen molar-refractivity contribution >= 4 is 17.4 Å². The molecule has 19 heavy (non-hydrogen) atoms.